The highest BCUT2D eigenvalue weighted by Crippen LogP contribution is 2.12. The second-order valence-electron chi connectivity index (χ2n) is 3.03. The van der Waals surface area contributed by atoms with Crippen LogP contribution in [0.3, 0.4) is 0 Å². The molecule has 5 nitrogen and oxygen atoms in total. The number of hydrogen-bond acceptors (Lipinski definition) is 4. The Bertz CT molecular complexity index is 269. The minimum absolute atomic E-state index is 0.0673. The van der Waals surface area contributed by atoms with Crippen molar-refractivity contribution in [2.45, 2.75) is 6.04 Å². The van der Waals surface area contributed by atoms with Gasteiger partial charge >= 0.3 is 0 Å². The van der Waals surface area contributed by atoms with Crippen LogP contribution in [0.4, 0.5) is 0 Å². The van der Waals surface area contributed by atoms with Gasteiger partial charge in [-0.25, -0.2) is 8.42 Å². The Balaban J connectivity index is 2.72. The van der Waals surface area contributed by atoms with Gasteiger partial charge in [0.15, 0.2) is 0 Å². The molecule has 0 bridgehead atoms. The smallest absolute Gasteiger partial charge is 0.215 e. The molecule has 7 heteroatoms. The molecule has 84 valence electrons. The fourth-order valence-corrected chi connectivity index (χ4v) is 3.31. The van der Waals surface area contributed by atoms with Crippen LogP contribution in [0, 0.1) is 0 Å². The largest absolute Gasteiger partial charge is 0.395 e. The number of halogens is 1. The lowest BCUT2D eigenvalue weighted by molar-refractivity contribution is 0.0110. The predicted molar refractivity (Wildman–Crippen MR) is 52.9 cm³/mol. The molecule has 0 aliphatic carbocycles. The number of aliphatic hydroxyl groups is 1. The van der Waals surface area contributed by atoms with Gasteiger partial charge in [-0.05, 0) is 0 Å². The highest BCUT2D eigenvalue weighted by Gasteiger charge is 2.31. The molecule has 1 heterocycles. The average Bonchev–Trinajstić information content (AvgIpc) is 2.18. The van der Waals surface area contributed by atoms with Crippen LogP contribution in [-0.4, -0.2) is 61.9 Å². The van der Waals surface area contributed by atoms with E-state index < -0.39 is 16.1 Å². The van der Waals surface area contributed by atoms with E-state index in [9.17, 15) is 8.42 Å². The Hall–Kier alpha value is 0.120. The fourth-order valence-electron chi connectivity index (χ4n) is 1.36. The minimum atomic E-state index is -3.33. The zero-order chi connectivity index (χ0) is 10.6. The summed E-state index contributed by atoms with van der Waals surface area (Å²) in [6.45, 7) is 0.696. The first-order chi connectivity index (χ1) is 6.61. The molecule has 0 radical (unpaired) electrons. The number of sulfonamides is 1. The van der Waals surface area contributed by atoms with Crippen molar-refractivity contribution >= 4 is 21.6 Å². The van der Waals surface area contributed by atoms with Gasteiger partial charge in [0, 0.05) is 12.4 Å². The molecule has 1 saturated heterocycles. The second-order valence-corrected chi connectivity index (χ2v) is 5.45. The molecule has 1 rings (SSSR count). The van der Waals surface area contributed by atoms with E-state index in [2.05, 4.69) is 0 Å². The van der Waals surface area contributed by atoms with Crippen molar-refractivity contribution < 1.29 is 18.3 Å². The Morgan fingerprint density at radius 2 is 2.29 bits per heavy atom. The monoisotopic (exact) mass is 243 g/mol. The molecular formula is C7H14ClNO4S. The SMILES string of the molecule is O=S(=O)(CCCl)N1CCOCC1CO. The summed E-state index contributed by atoms with van der Waals surface area (Å²) < 4.78 is 29.6. The summed E-state index contributed by atoms with van der Waals surface area (Å²) in [6, 6.07) is -0.461. The average molecular weight is 244 g/mol. The van der Waals surface area contributed by atoms with Gasteiger partial charge in [0.2, 0.25) is 10.0 Å². The molecule has 0 aromatic rings. The zero-order valence-electron chi connectivity index (χ0n) is 7.73. The summed E-state index contributed by atoms with van der Waals surface area (Å²) in [6.07, 6.45) is 0. The number of nitrogens with zero attached hydrogens (tertiary/aromatic N) is 1. The summed E-state index contributed by atoms with van der Waals surface area (Å²) in [5, 5.41) is 8.97. The van der Waals surface area contributed by atoms with E-state index >= 15 is 0 Å². The van der Waals surface area contributed by atoms with Gasteiger partial charge in [-0.1, -0.05) is 0 Å². The molecule has 1 N–H and O–H groups in total. The highest BCUT2D eigenvalue weighted by molar-refractivity contribution is 7.89. The van der Waals surface area contributed by atoms with Crippen LogP contribution in [0.15, 0.2) is 0 Å². The Kier molecular flexibility index (Phi) is 4.59. The first kappa shape index (κ1) is 12.2. The second kappa shape index (κ2) is 5.27. The van der Waals surface area contributed by atoms with Gasteiger partial charge in [0.1, 0.15) is 0 Å². The Morgan fingerprint density at radius 1 is 1.57 bits per heavy atom. The lowest BCUT2D eigenvalue weighted by atomic mass is 10.3. The third-order valence-electron chi connectivity index (χ3n) is 2.08. The molecule has 1 fully saturated rings. The van der Waals surface area contributed by atoms with E-state index in [4.69, 9.17) is 21.4 Å². The summed E-state index contributed by atoms with van der Waals surface area (Å²) in [7, 11) is -3.33. The van der Waals surface area contributed by atoms with E-state index in [1.165, 1.54) is 4.31 Å². The van der Waals surface area contributed by atoms with Crippen LogP contribution >= 0.6 is 11.6 Å². The van der Waals surface area contributed by atoms with Gasteiger partial charge < -0.3 is 9.84 Å². The van der Waals surface area contributed by atoms with Gasteiger partial charge in [0.05, 0.1) is 31.6 Å². The van der Waals surface area contributed by atoms with Crippen LogP contribution in [0.2, 0.25) is 0 Å². The molecule has 14 heavy (non-hydrogen) atoms. The number of alkyl halides is 1. The molecule has 1 aliphatic rings. The first-order valence-electron chi connectivity index (χ1n) is 4.36. The van der Waals surface area contributed by atoms with Crippen molar-refractivity contribution in [1.29, 1.82) is 0 Å². The standard InChI is InChI=1S/C7H14ClNO4S/c8-1-4-14(11,12)9-2-3-13-6-7(9)5-10/h7,10H,1-6H2. The predicted octanol–water partition coefficient (Wildman–Crippen LogP) is -0.752. The summed E-state index contributed by atoms with van der Waals surface area (Å²) in [5.74, 6) is -0.0249. The Labute approximate surface area is 88.7 Å². The number of ether oxygens (including phenoxy) is 1. The zero-order valence-corrected chi connectivity index (χ0v) is 9.30. The number of aliphatic hydroxyl groups excluding tert-OH is 1. The van der Waals surface area contributed by atoms with Crippen molar-refractivity contribution in [3.05, 3.63) is 0 Å². The van der Waals surface area contributed by atoms with Gasteiger partial charge in [-0.15, -0.1) is 11.6 Å². The molecule has 0 aromatic carbocycles. The maximum Gasteiger partial charge on any atom is 0.215 e. The molecule has 0 spiro atoms. The van der Waals surface area contributed by atoms with E-state index in [0.717, 1.165) is 0 Å². The number of rotatable bonds is 4. The molecule has 1 atom stereocenters. The molecule has 0 amide bonds. The Morgan fingerprint density at radius 3 is 2.86 bits per heavy atom. The van der Waals surface area contributed by atoms with Crippen LogP contribution in [0.25, 0.3) is 0 Å². The van der Waals surface area contributed by atoms with Crippen molar-refractivity contribution in [2.24, 2.45) is 0 Å². The summed E-state index contributed by atoms with van der Waals surface area (Å²) in [5.41, 5.74) is 0. The molecule has 0 aromatic heterocycles. The van der Waals surface area contributed by atoms with Gasteiger partial charge in [0.25, 0.3) is 0 Å². The van der Waals surface area contributed by atoms with Gasteiger partial charge in [-0.3, -0.25) is 0 Å². The normalized spacial score (nSPS) is 25.1. The summed E-state index contributed by atoms with van der Waals surface area (Å²) in [4.78, 5) is 0. The van der Waals surface area contributed by atoms with E-state index in [1.807, 2.05) is 0 Å². The number of morpholine rings is 1. The van der Waals surface area contributed by atoms with Gasteiger partial charge in [-0.2, -0.15) is 4.31 Å². The molecule has 0 saturated carbocycles. The molecule has 1 aliphatic heterocycles. The highest BCUT2D eigenvalue weighted by atomic mass is 35.5. The van der Waals surface area contributed by atoms with Crippen LogP contribution < -0.4 is 0 Å². The van der Waals surface area contributed by atoms with E-state index in [-0.39, 0.29) is 24.8 Å². The summed E-state index contributed by atoms with van der Waals surface area (Å²) >= 11 is 5.40. The maximum absolute atomic E-state index is 11.6. The van der Waals surface area contributed by atoms with Crippen molar-refractivity contribution in [3.8, 4) is 0 Å². The van der Waals surface area contributed by atoms with Crippen LogP contribution in [-0.2, 0) is 14.8 Å². The van der Waals surface area contributed by atoms with Crippen molar-refractivity contribution in [1.82, 2.24) is 4.31 Å². The van der Waals surface area contributed by atoms with E-state index in [1.54, 1.807) is 0 Å². The lowest BCUT2D eigenvalue weighted by Gasteiger charge is -2.33. The van der Waals surface area contributed by atoms with Crippen molar-refractivity contribution in [2.75, 3.05) is 38.0 Å². The molecular weight excluding hydrogens is 230 g/mol. The van der Waals surface area contributed by atoms with Crippen LogP contribution in [0.5, 0.6) is 0 Å². The quantitative estimate of drug-likeness (QED) is 0.660. The van der Waals surface area contributed by atoms with Crippen LogP contribution in [0.1, 0.15) is 0 Å². The topological polar surface area (TPSA) is 66.8 Å². The lowest BCUT2D eigenvalue weighted by Crippen LogP contribution is -2.51. The fraction of sp³-hybridized carbons (Fsp3) is 1.00. The molecule has 1 unspecified atom stereocenters. The maximum atomic E-state index is 11.6. The van der Waals surface area contributed by atoms with E-state index in [0.29, 0.717) is 13.2 Å². The first-order valence-corrected chi connectivity index (χ1v) is 6.50. The third-order valence-corrected chi connectivity index (χ3v) is 4.41. The van der Waals surface area contributed by atoms with Crippen molar-refractivity contribution in [3.63, 3.8) is 0 Å². The third kappa shape index (κ3) is 2.80. The minimum Gasteiger partial charge on any atom is -0.395 e. The number of hydrogen-bond donors (Lipinski definition) is 1.